The summed E-state index contributed by atoms with van der Waals surface area (Å²) in [6, 6.07) is 3.00. The number of ether oxygens (including phenoxy) is 2. The summed E-state index contributed by atoms with van der Waals surface area (Å²) in [7, 11) is 0. The molecule has 3 rings (SSSR count). The van der Waals surface area contributed by atoms with Gasteiger partial charge in [0, 0.05) is 17.2 Å². The number of aromatic carboxylic acids is 1. The van der Waals surface area contributed by atoms with Gasteiger partial charge in [-0.2, -0.15) is 0 Å². The lowest BCUT2D eigenvalue weighted by molar-refractivity contribution is 0.0686. The van der Waals surface area contributed by atoms with Crippen molar-refractivity contribution >= 4 is 17.6 Å². The SMILES string of the molecule is Cc1c(Cl)cc2c(c1-c1cc(C(=O)O)no1)OCCO2. The van der Waals surface area contributed by atoms with Gasteiger partial charge in [-0.3, -0.25) is 0 Å². The van der Waals surface area contributed by atoms with Crippen LogP contribution in [0, 0.1) is 6.92 Å². The molecule has 2 heterocycles. The third kappa shape index (κ3) is 1.98. The van der Waals surface area contributed by atoms with E-state index in [0.29, 0.717) is 40.9 Å². The minimum atomic E-state index is -1.16. The molecular weight excluding hydrogens is 286 g/mol. The average Bonchev–Trinajstić information content (AvgIpc) is 2.90. The fourth-order valence-corrected chi connectivity index (χ4v) is 2.23. The van der Waals surface area contributed by atoms with Crippen LogP contribution in [0.1, 0.15) is 16.1 Å². The molecule has 0 atom stereocenters. The van der Waals surface area contributed by atoms with E-state index in [1.807, 2.05) is 0 Å². The first-order valence-electron chi connectivity index (χ1n) is 5.87. The van der Waals surface area contributed by atoms with Gasteiger partial charge in [-0.1, -0.05) is 16.8 Å². The van der Waals surface area contributed by atoms with Gasteiger partial charge in [0.05, 0.1) is 5.56 Å². The lowest BCUT2D eigenvalue weighted by Crippen LogP contribution is -2.16. The van der Waals surface area contributed by atoms with Crippen LogP contribution < -0.4 is 9.47 Å². The molecule has 104 valence electrons. The maximum Gasteiger partial charge on any atom is 0.358 e. The van der Waals surface area contributed by atoms with Gasteiger partial charge in [0.1, 0.15) is 13.2 Å². The van der Waals surface area contributed by atoms with E-state index in [0.717, 1.165) is 0 Å². The number of benzene rings is 1. The van der Waals surface area contributed by atoms with E-state index in [-0.39, 0.29) is 11.5 Å². The smallest absolute Gasteiger partial charge is 0.358 e. The normalized spacial score (nSPS) is 13.3. The molecule has 0 aliphatic carbocycles. The monoisotopic (exact) mass is 295 g/mol. The van der Waals surface area contributed by atoms with Crippen molar-refractivity contribution in [2.24, 2.45) is 0 Å². The summed E-state index contributed by atoms with van der Waals surface area (Å²) < 4.78 is 16.2. The van der Waals surface area contributed by atoms with Crippen LogP contribution in [0.3, 0.4) is 0 Å². The average molecular weight is 296 g/mol. The van der Waals surface area contributed by atoms with E-state index in [2.05, 4.69) is 5.16 Å². The Hall–Kier alpha value is -2.21. The Balaban J connectivity index is 2.20. The molecule has 0 unspecified atom stereocenters. The summed E-state index contributed by atoms with van der Waals surface area (Å²) in [6.07, 6.45) is 0. The fourth-order valence-electron chi connectivity index (χ4n) is 2.04. The quantitative estimate of drug-likeness (QED) is 0.917. The number of carbonyl (C=O) groups is 1. The predicted octanol–water partition coefficient (Wildman–Crippen LogP) is 2.77. The molecule has 0 saturated heterocycles. The van der Waals surface area contributed by atoms with Crippen molar-refractivity contribution in [3.63, 3.8) is 0 Å². The number of nitrogens with zero attached hydrogens (tertiary/aromatic N) is 1. The molecule has 1 N–H and O–H groups in total. The van der Waals surface area contributed by atoms with Gasteiger partial charge in [0.2, 0.25) is 0 Å². The summed E-state index contributed by atoms with van der Waals surface area (Å²) >= 11 is 6.16. The van der Waals surface area contributed by atoms with E-state index in [4.69, 9.17) is 30.7 Å². The van der Waals surface area contributed by atoms with Gasteiger partial charge in [-0.15, -0.1) is 0 Å². The zero-order valence-electron chi connectivity index (χ0n) is 10.5. The van der Waals surface area contributed by atoms with Crippen LogP contribution in [-0.4, -0.2) is 29.4 Å². The molecule has 0 fully saturated rings. The third-order valence-electron chi connectivity index (χ3n) is 3.00. The highest BCUT2D eigenvalue weighted by Gasteiger charge is 2.25. The molecule has 1 aromatic heterocycles. The van der Waals surface area contributed by atoms with E-state index >= 15 is 0 Å². The maximum atomic E-state index is 10.9. The number of halogens is 1. The van der Waals surface area contributed by atoms with E-state index in [9.17, 15) is 4.79 Å². The number of hydrogen-bond donors (Lipinski definition) is 1. The van der Waals surface area contributed by atoms with Gasteiger partial charge < -0.3 is 19.1 Å². The molecule has 0 saturated carbocycles. The van der Waals surface area contributed by atoms with Crippen molar-refractivity contribution < 1.29 is 23.9 Å². The number of carboxylic acid groups (broad SMARTS) is 1. The van der Waals surface area contributed by atoms with E-state index in [1.54, 1.807) is 13.0 Å². The Morgan fingerprint density at radius 2 is 2.10 bits per heavy atom. The summed E-state index contributed by atoms with van der Waals surface area (Å²) in [5.74, 6) is 0.122. The Morgan fingerprint density at radius 1 is 1.35 bits per heavy atom. The maximum absolute atomic E-state index is 10.9. The first-order valence-corrected chi connectivity index (χ1v) is 6.25. The summed E-state index contributed by atoms with van der Waals surface area (Å²) in [5, 5.41) is 12.9. The van der Waals surface area contributed by atoms with Crippen LogP contribution in [0.25, 0.3) is 11.3 Å². The highest BCUT2D eigenvalue weighted by molar-refractivity contribution is 6.32. The number of fused-ring (bicyclic) bond motifs is 1. The highest BCUT2D eigenvalue weighted by atomic mass is 35.5. The number of aromatic nitrogens is 1. The zero-order chi connectivity index (χ0) is 14.3. The molecule has 1 aliphatic rings. The topological polar surface area (TPSA) is 81.8 Å². The summed E-state index contributed by atoms with van der Waals surface area (Å²) in [4.78, 5) is 10.9. The minimum Gasteiger partial charge on any atom is -0.486 e. The number of hydrogen-bond acceptors (Lipinski definition) is 5. The Kier molecular flexibility index (Phi) is 3.02. The molecule has 6 nitrogen and oxygen atoms in total. The molecule has 2 aromatic rings. The van der Waals surface area contributed by atoms with E-state index in [1.165, 1.54) is 6.07 Å². The number of carboxylic acids is 1. The molecular formula is C13H10ClNO5. The zero-order valence-corrected chi connectivity index (χ0v) is 11.2. The Labute approximate surface area is 118 Å². The molecule has 0 spiro atoms. The lowest BCUT2D eigenvalue weighted by Gasteiger charge is -2.22. The predicted molar refractivity (Wildman–Crippen MR) is 69.6 cm³/mol. The molecule has 1 aliphatic heterocycles. The van der Waals surface area contributed by atoms with Crippen molar-refractivity contribution in [2.45, 2.75) is 6.92 Å². The van der Waals surface area contributed by atoms with Crippen molar-refractivity contribution in [3.8, 4) is 22.8 Å². The van der Waals surface area contributed by atoms with Crippen molar-refractivity contribution in [1.29, 1.82) is 0 Å². The summed E-state index contributed by atoms with van der Waals surface area (Å²) in [6.45, 7) is 2.63. The molecule has 20 heavy (non-hydrogen) atoms. The second-order valence-electron chi connectivity index (χ2n) is 4.26. The van der Waals surface area contributed by atoms with Gasteiger partial charge in [0.25, 0.3) is 0 Å². The first kappa shape index (κ1) is 12.8. The van der Waals surface area contributed by atoms with Crippen LogP contribution in [0.4, 0.5) is 0 Å². The van der Waals surface area contributed by atoms with Crippen molar-refractivity contribution in [1.82, 2.24) is 5.16 Å². The van der Waals surface area contributed by atoms with Crippen LogP contribution >= 0.6 is 11.6 Å². The molecule has 7 heteroatoms. The largest absolute Gasteiger partial charge is 0.486 e. The molecule has 0 bridgehead atoms. The van der Waals surface area contributed by atoms with Crippen molar-refractivity contribution in [3.05, 3.63) is 28.4 Å². The van der Waals surface area contributed by atoms with Crippen LogP contribution in [0.2, 0.25) is 5.02 Å². The van der Waals surface area contributed by atoms with Crippen LogP contribution in [0.15, 0.2) is 16.7 Å². The number of rotatable bonds is 2. The Bertz CT molecular complexity index is 694. The van der Waals surface area contributed by atoms with Gasteiger partial charge in [-0.05, 0) is 12.5 Å². The molecule has 1 aromatic carbocycles. The molecule has 0 radical (unpaired) electrons. The minimum absolute atomic E-state index is 0.176. The second-order valence-corrected chi connectivity index (χ2v) is 4.67. The van der Waals surface area contributed by atoms with Gasteiger partial charge >= 0.3 is 5.97 Å². The lowest BCUT2D eigenvalue weighted by atomic mass is 10.0. The summed E-state index contributed by atoms with van der Waals surface area (Å²) in [5.41, 5.74) is 1.10. The van der Waals surface area contributed by atoms with Crippen LogP contribution in [0.5, 0.6) is 11.5 Å². The van der Waals surface area contributed by atoms with Gasteiger partial charge in [0.15, 0.2) is 23.0 Å². The fraction of sp³-hybridized carbons (Fsp3) is 0.231. The third-order valence-corrected chi connectivity index (χ3v) is 3.40. The second kappa shape index (κ2) is 4.72. The van der Waals surface area contributed by atoms with Crippen molar-refractivity contribution in [2.75, 3.05) is 13.2 Å². The van der Waals surface area contributed by atoms with Gasteiger partial charge in [-0.25, -0.2) is 4.79 Å². The Morgan fingerprint density at radius 3 is 2.80 bits per heavy atom. The molecule has 0 amide bonds. The highest BCUT2D eigenvalue weighted by Crippen LogP contribution is 2.45. The van der Waals surface area contributed by atoms with Crippen LogP contribution in [-0.2, 0) is 0 Å². The standard InChI is InChI=1S/C13H10ClNO5/c1-6-7(14)4-10-12(19-3-2-18-10)11(6)9-5-8(13(16)17)15-20-9/h4-5H,2-3H2,1H3,(H,16,17). The van der Waals surface area contributed by atoms with E-state index < -0.39 is 5.97 Å². The first-order chi connectivity index (χ1) is 9.58.